The van der Waals surface area contributed by atoms with Gasteiger partial charge in [-0.15, -0.1) is 0 Å². The van der Waals surface area contributed by atoms with E-state index < -0.39 is 0 Å². The highest BCUT2D eigenvalue weighted by Crippen LogP contribution is 2.24. The SMILES string of the molecule is Cc1nc(N)cc(Nc2ccccc2Br)n1. The molecule has 0 spiro atoms. The highest BCUT2D eigenvalue weighted by molar-refractivity contribution is 9.10. The van der Waals surface area contributed by atoms with Gasteiger partial charge in [-0.2, -0.15) is 0 Å². The normalized spacial score (nSPS) is 10.1. The summed E-state index contributed by atoms with van der Waals surface area (Å²) in [4.78, 5) is 8.26. The van der Waals surface area contributed by atoms with E-state index in [0.29, 0.717) is 17.5 Å². The maximum atomic E-state index is 5.65. The number of nitrogens with one attached hydrogen (secondary N) is 1. The minimum absolute atomic E-state index is 0.460. The van der Waals surface area contributed by atoms with Crippen molar-refractivity contribution in [2.45, 2.75) is 6.92 Å². The standard InChI is InChI=1S/C11H11BrN4/c1-7-14-10(13)6-11(15-7)16-9-5-3-2-4-8(9)12/h2-6H,1H3,(H3,13,14,15,16). The molecule has 2 rings (SSSR count). The maximum Gasteiger partial charge on any atom is 0.136 e. The molecule has 2 aromatic rings. The summed E-state index contributed by atoms with van der Waals surface area (Å²) in [5.41, 5.74) is 6.59. The van der Waals surface area contributed by atoms with Crippen LogP contribution in [0.5, 0.6) is 0 Å². The van der Waals surface area contributed by atoms with Crippen molar-refractivity contribution in [3.05, 3.63) is 40.6 Å². The molecule has 0 radical (unpaired) electrons. The maximum absolute atomic E-state index is 5.65. The second-order valence-electron chi connectivity index (χ2n) is 3.33. The van der Waals surface area contributed by atoms with Gasteiger partial charge in [0.1, 0.15) is 17.5 Å². The largest absolute Gasteiger partial charge is 0.384 e. The highest BCUT2D eigenvalue weighted by atomic mass is 79.9. The van der Waals surface area contributed by atoms with Gasteiger partial charge in [0.15, 0.2) is 0 Å². The number of hydrogen-bond acceptors (Lipinski definition) is 4. The van der Waals surface area contributed by atoms with E-state index in [1.807, 2.05) is 31.2 Å². The number of anilines is 3. The third-order valence-electron chi connectivity index (χ3n) is 1.99. The number of nitrogens with zero attached hydrogens (tertiary/aromatic N) is 2. The van der Waals surface area contributed by atoms with Gasteiger partial charge in [0.2, 0.25) is 0 Å². The third kappa shape index (κ3) is 2.49. The molecule has 0 saturated heterocycles. The summed E-state index contributed by atoms with van der Waals surface area (Å²) in [5, 5.41) is 3.18. The number of aryl methyl sites for hydroxylation is 1. The molecule has 16 heavy (non-hydrogen) atoms. The number of nitrogen functional groups attached to an aromatic ring is 1. The highest BCUT2D eigenvalue weighted by Gasteiger charge is 2.02. The second kappa shape index (κ2) is 4.49. The van der Waals surface area contributed by atoms with Gasteiger partial charge < -0.3 is 11.1 Å². The summed E-state index contributed by atoms with van der Waals surface area (Å²) >= 11 is 3.45. The Morgan fingerprint density at radius 2 is 2.00 bits per heavy atom. The van der Waals surface area contributed by atoms with E-state index in [-0.39, 0.29) is 0 Å². The molecule has 1 aromatic carbocycles. The number of rotatable bonds is 2. The van der Waals surface area contributed by atoms with Crippen LogP contribution in [-0.2, 0) is 0 Å². The molecule has 82 valence electrons. The molecule has 0 amide bonds. The Morgan fingerprint density at radius 3 is 2.69 bits per heavy atom. The van der Waals surface area contributed by atoms with Crippen molar-refractivity contribution in [2.75, 3.05) is 11.1 Å². The molecular weight excluding hydrogens is 268 g/mol. The molecule has 0 aliphatic heterocycles. The lowest BCUT2D eigenvalue weighted by molar-refractivity contribution is 1.06. The molecule has 0 atom stereocenters. The summed E-state index contributed by atoms with van der Waals surface area (Å²) in [6.07, 6.45) is 0. The van der Waals surface area contributed by atoms with Crippen LogP contribution in [0.1, 0.15) is 5.82 Å². The summed E-state index contributed by atoms with van der Waals surface area (Å²) < 4.78 is 0.977. The fraction of sp³-hybridized carbons (Fsp3) is 0.0909. The first-order valence-corrected chi connectivity index (χ1v) is 5.57. The Balaban J connectivity index is 2.30. The van der Waals surface area contributed by atoms with E-state index >= 15 is 0 Å². The molecule has 0 unspecified atom stereocenters. The summed E-state index contributed by atoms with van der Waals surface area (Å²) in [7, 11) is 0. The number of nitrogens with two attached hydrogens (primary N) is 1. The predicted octanol–water partition coefficient (Wildman–Crippen LogP) is 2.87. The molecule has 0 aliphatic carbocycles. The summed E-state index contributed by atoms with van der Waals surface area (Å²) in [6, 6.07) is 9.52. The quantitative estimate of drug-likeness (QED) is 0.887. The molecule has 0 fully saturated rings. The molecule has 1 heterocycles. The van der Waals surface area contributed by atoms with Gasteiger partial charge in [-0.25, -0.2) is 9.97 Å². The van der Waals surface area contributed by atoms with E-state index in [4.69, 9.17) is 5.73 Å². The lowest BCUT2D eigenvalue weighted by Crippen LogP contribution is -2.00. The van der Waals surface area contributed by atoms with Gasteiger partial charge in [-0.05, 0) is 35.0 Å². The van der Waals surface area contributed by atoms with Crippen molar-refractivity contribution < 1.29 is 0 Å². The zero-order valence-electron chi connectivity index (χ0n) is 8.74. The minimum Gasteiger partial charge on any atom is -0.384 e. The summed E-state index contributed by atoms with van der Waals surface area (Å²) in [6.45, 7) is 1.81. The molecule has 3 N–H and O–H groups in total. The monoisotopic (exact) mass is 278 g/mol. The van der Waals surface area contributed by atoms with E-state index in [2.05, 4.69) is 31.2 Å². The third-order valence-corrected chi connectivity index (χ3v) is 2.69. The Hall–Kier alpha value is -1.62. The van der Waals surface area contributed by atoms with Crippen LogP contribution in [0.25, 0.3) is 0 Å². The van der Waals surface area contributed by atoms with Gasteiger partial charge in [-0.3, -0.25) is 0 Å². The molecule has 0 aliphatic rings. The number of halogens is 1. The minimum atomic E-state index is 0.460. The fourth-order valence-corrected chi connectivity index (χ4v) is 1.74. The van der Waals surface area contributed by atoms with Crippen LogP contribution in [0.15, 0.2) is 34.8 Å². The van der Waals surface area contributed by atoms with Gasteiger partial charge in [0.05, 0.1) is 5.69 Å². The average Bonchev–Trinajstić information content (AvgIpc) is 2.20. The lowest BCUT2D eigenvalue weighted by atomic mass is 10.3. The Morgan fingerprint density at radius 1 is 1.25 bits per heavy atom. The van der Waals surface area contributed by atoms with Crippen molar-refractivity contribution in [3.8, 4) is 0 Å². The van der Waals surface area contributed by atoms with Gasteiger partial charge >= 0.3 is 0 Å². The second-order valence-corrected chi connectivity index (χ2v) is 4.18. The first kappa shape index (κ1) is 10.9. The smallest absolute Gasteiger partial charge is 0.136 e. The zero-order chi connectivity index (χ0) is 11.5. The first-order valence-electron chi connectivity index (χ1n) is 4.78. The van der Waals surface area contributed by atoms with Crippen molar-refractivity contribution in [2.24, 2.45) is 0 Å². The summed E-state index contributed by atoms with van der Waals surface area (Å²) in [5.74, 6) is 1.80. The number of benzene rings is 1. The van der Waals surface area contributed by atoms with Gasteiger partial charge in [-0.1, -0.05) is 12.1 Å². The van der Waals surface area contributed by atoms with Crippen molar-refractivity contribution in [3.63, 3.8) is 0 Å². The van der Waals surface area contributed by atoms with Gasteiger partial charge in [0.25, 0.3) is 0 Å². The Bertz CT molecular complexity index is 493. The van der Waals surface area contributed by atoms with E-state index in [9.17, 15) is 0 Å². The molecular formula is C11H11BrN4. The van der Waals surface area contributed by atoms with Crippen LogP contribution < -0.4 is 11.1 Å². The predicted molar refractivity (Wildman–Crippen MR) is 68.6 cm³/mol. The molecule has 0 saturated carbocycles. The van der Waals surface area contributed by atoms with Crippen molar-refractivity contribution >= 4 is 33.3 Å². The number of aromatic nitrogens is 2. The van der Waals surface area contributed by atoms with Crippen LogP contribution in [0, 0.1) is 6.92 Å². The molecule has 1 aromatic heterocycles. The van der Waals surface area contributed by atoms with Crippen molar-refractivity contribution in [1.29, 1.82) is 0 Å². The number of hydrogen-bond donors (Lipinski definition) is 2. The lowest BCUT2D eigenvalue weighted by Gasteiger charge is -2.08. The van der Waals surface area contributed by atoms with E-state index in [1.54, 1.807) is 6.07 Å². The number of para-hydroxylation sites is 1. The van der Waals surface area contributed by atoms with Crippen LogP contribution in [0.4, 0.5) is 17.3 Å². The van der Waals surface area contributed by atoms with Crippen molar-refractivity contribution in [1.82, 2.24) is 9.97 Å². The van der Waals surface area contributed by atoms with E-state index in [0.717, 1.165) is 10.2 Å². The first-order chi connectivity index (χ1) is 7.65. The Kier molecular flexibility index (Phi) is 3.05. The fourth-order valence-electron chi connectivity index (χ4n) is 1.36. The van der Waals surface area contributed by atoms with Crippen LogP contribution in [0.3, 0.4) is 0 Å². The van der Waals surface area contributed by atoms with E-state index in [1.165, 1.54) is 0 Å². The van der Waals surface area contributed by atoms with Crippen LogP contribution in [-0.4, -0.2) is 9.97 Å². The van der Waals surface area contributed by atoms with Crippen LogP contribution >= 0.6 is 15.9 Å². The van der Waals surface area contributed by atoms with Crippen LogP contribution in [0.2, 0.25) is 0 Å². The Labute approximate surface area is 102 Å². The molecule has 4 nitrogen and oxygen atoms in total. The zero-order valence-corrected chi connectivity index (χ0v) is 10.3. The average molecular weight is 279 g/mol. The molecule has 0 bridgehead atoms. The topological polar surface area (TPSA) is 63.8 Å². The van der Waals surface area contributed by atoms with Gasteiger partial charge in [0, 0.05) is 10.5 Å². The molecule has 5 heteroatoms.